The van der Waals surface area contributed by atoms with Gasteiger partial charge in [0.05, 0.1) is 25.4 Å². The Hall–Kier alpha value is -4.85. The Labute approximate surface area is 290 Å². The van der Waals surface area contributed by atoms with Crippen molar-refractivity contribution in [1.82, 2.24) is 0 Å². The van der Waals surface area contributed by atoms with Crippen molar-refractivity contribution in [1.29, 1.82) is 0 Å². The van der Waals surface area contributed by atoms with E-state index in [0.717, 1.165) is 93.3 Å². The summed E-state index contributed by atoms with van der Waals surface area (Å²) in [5, 5.41) is 0. The van der Waals surface area contributed by atoms with Gasteiger partial charge in [0.15, 0.2) is 0 Å². The number of hydrogen-bond donors (Lipinski definition) is 0. The van der Waals surface area contributed by atoms with Gasteiger partial charge < -0.3 is 23.7 Å². The zero-order chi connectivity index (χ0) is 34.7. The fraction of sp³-hybridized carbons (Fsp3) is 0.390. The molecule has 1 saturated heterocycles. The lowest BCUT2D eigenvalue weighted by Gasteiger charge is -2.09. The second kappa shape index (κ2) is 20.5. The van der Waals surface area contributed by atoms with Gasteiger partial charge in [-0.25, -0.2) is 14.4 Å². The number of unbranched alkanes of at least 4 members (excludes halogenated alkanes) is 8. The molecule has 0 N–H and O–H groups in total. The van der Waals surface area contributed by atoms with Gasteiger partial charge in [0.25, 0.3) is 0 Å². The van der Waals surface area contributed by atoms with Crippen LogP contribution in [0.15, 0.2) is 97.6 Å². The third-order valence-corrected chi connectivity index (χ3v) is 8.29. The summed E-state index contributed by atoms with van der Waals surface area (Å²) < 4.78 is 27.6. The van der Waals surface area contributed by atoms with Crippen LogP contribution in [0.1, 0.15) is 87.4 Å². The molecule has 0 amide bonds. The normalized spacial score (nSPS) is 13.8. The fourth-order valence-corrected chi connectivity index (χ4v) is 5.46. The third-order valence-electron chi connectivity index (χ3n) is 8.29. The van der Waals surface area contributed by atoms with E-state index < -0.39 is 5.97 Å². The number of carbonyl (C=O) groups is 3. The molecule has 1 unspecified atom stereocenters. The zero-order valence-corrected chi connectivity index (χ0v) is 28.4. The summed E-state index contributed by atoms with van der Waals surface area (Å²) in [6.45, 7) is 8.79. The summed E-state index contributed by atoms with van der Waals surface area (Å²) in [5.41, 5.74) is 3.09. The molecule has 3 aromatic rings. The molecule has 260 valence electrons. The Bertz CT molecular complexity index is 1480. The minimum atomic E-state index is -0.423. The van der Waals surface area contributed by atoms with Crippen molar-refractivity contribution in [2.24, 2.45) is 0 Å². The predicted octanol–water partition coefficient (Wildman–Crippen LogP) is 9.22. The van der Waals surface area contributed by atoms with Gasteiger partial charge in [-0.1, -0.05) is 63.1 Å². The van der Waals surface area contributed by atoms with E-state index in [9.17, 15) is 14.4 Å². The highest BCUT2D eigenvalue weighted by Crippen LogP contribution is 2.26. The molecule has 1 aliphatic rings. The van der Waals surface area contributed by atoms with Crippen LogP contribution in [0, 0.1) is 0 Å². The Balaban J connectivity index is 1.06. The van der Waals surface area contributed by atoms with Gasteiger partial charge in [-0.05, 0) is 105 Å². The molecule has 8 heteroatoms. The Morgan fingerprint density at radius 1 is 0.673 bits per heavy atom. The molecule has 0 aliphatic carbocycles. The standard InChI is InChI=1S/C41H48O8/c1-3-39(42)47-29-13-9-8-12-28-45-35-21-15-32(16-22-35)33-17-25-37(26-18-33)48-41(44)34-19-23-36(24-20-34)46-27-11-7-5-4-6-10-14-38-30-31(2)40(43)49-38/h3,15-26,38H,1-2,4-14,27-30H2. The highest BCUT2D eigenvalue weighted by Gasteiger charge is 2.26. The van der Waals surface area contributed by atoms with Crippen molar-refractivity contribution in [2.45, 2.75) is 83.2 Å². The van der Waals surface area contributed by atoms with E-state index in [1.165, 1.54) is 6.08 Å². The zero-order valence-electron chi connectivity index (χ0n) is 28.4. The Morgan fingerprint density at radius 2 is 1.16 bits per heavy atom. The fourth-order valence-electron chi connectivity index (χ4n) is 5.46. The number of carbonyl (C=O) groups excluding carboxylic acids is 3. The minimum Gasteiger partial charge on any atom is -0.494 e. The number of benzene rings is 3. The summed E-state index contributed by atoms with van der Waals surface area (Å²) >= 11 is 0. The number of esters is 3. The predicted molar refractivity (Wildman–Crippen MR) is 190 cm³/mol. The molecule has 3 aromatic carbocycles. The monoisotopic (exact) mass is 668 g/mol. The van der Waals surface area contributed by atoms with Crippen LogP contribution in [0.5, 0.6) is 17.2 Å². The van der Waals surface area contributed by atoms with Crippen LogP contribution in [0.3, 0.4) is 0 Å². The molecule has 0 bridgehead atoms. The molecule has 1 atom stereocenters. The van der Waals surface area contributed by atoms with Gasteiger partial charge in [-0.3, -0.25) is 0 Å². The van der Waals surface area contributed by atoms with Gasteiger partial charge in [-0.2, -0.15) is 0 Å². The first-order valence-corrected chi connectivity index (χ1v) is 17.4. The molecule has 0 radical (unpaired) electrons. The first-order chi connectivity index (χ1) is 23.9. The molecule has 8 nitrogen and oxygen atoms in total. The third kappa shape index (κ3) is 13.3. The molecule has 4 rings (SSSR count). The number of cyclic esters (lactones) is 1. The van der Waals surface area contributed by atoms with E-state index in [0.29, 0.717) is 43.1 Å². The summed E-state index contributed by atoms with van der Waals surface area (Å²) in [6.07, 6.45) is 13.1. The molecule has 0 saturated carbocycles. The summed E-state index contributed by atoms with van der Waals surface area (Å²) in [7, 11) is 0. The average molecular weight is 669 g/mol. The maximum atomic E-state index is 12.7. The van der Waals surface area contributed by atoms with Gasteiger partial charge in [-0.15, -0.1) is 0 Å². The van der Waals surface area contributed by atoms with Crippen molar-refractivity contribution in [2.75, 3.05) is 19.8 Å². The van der Waals surface area contributed by atoms with Crippen LogP contribution in [-0.2, 0) is 19.1 Å². The second-order valence-corrected chi connectivity index (χ2v) is 12.2. The molecule has 1 fully saturated rings. The SMILES string of the molecule is C=CC(=O)OCCCCCCOc1ccc(-c2ccc(OC(=O)c3ccc(OCCCCCCCCC4CC(=C)C(=O)O4)cc3)cc2)cc1. The van der Waals surface area contributed by atoms with E-state index in [2.05, 4.69) is 13.2 Å². The van der Waals surface area contributed by atoms with Crippen LogP contribution >= 0.6 is 0 Å². The Kier molecular flexibility index (Phi) is 15.5. The van der Waals surface area contributed by atoms with Crippen LogP contribution in [0.4, 0.5) is 0 Å². The molecule has 1 aliphatic heterocycles. The lowest BCUT2D eigenvalue weighted by Crippen LogP contribution is -2.08. The first kappa shape index (κ1) is 37.0. The van der Waals surface area contributed by atoms with E-state index in [1.807, 2.05) is 36.4 Å². The maximum absolute atomic E-state index is 12.7. The minimum absolute atomic E-state index is 0.0219. The average Bonchev–Trinajstić information content (AvgIpc) is 3.45. The quantitative estimate of drug-likeness (QED) is 0.0452. The van der Waals surface area contributed by atoms with Gasteiger partial charge in [0.1, 0.15) is 23.4 Å². The van der Waals surface area contributed by atoms with E-state index >= 15 is 0 Å². The largest absolute Gasteiger partial charge is 0.494 e. The summed E-state index contributed by atoms with van der Waals surface area (Å²) in [5.74, 6) is 0.971. The maximum Gasteiger partial charge on any atom is 0.343 e. The lowest BCUT2D eigenvalue weighted by atomic mass is 10.0. The van der Waals surface area contributed by atoms with Crippen molar-refractivity contribution in [3.05, 3.63) is 103 Å². The first-order valence-electron chi connectivity index (χ1n) is 17.4. The van der Waals surface area contributed by atoms with Crippen molar-refractivity contribution < 1.29 is 38.1 Å². The smallest absolute Gasteiger partial charge is 0.343 e. The molecular formula is C41H48O8. The van der Waals surface area contributed by atoms with Crippen LogP contribution in [0.2, 0.25) is 0 Å². The van der Waals surface area contributed by atoms with Crippen molar-refractivity contribution in [3.63, 3.8) is 0 Å². The van der Waals surface area contributed by atoms with Crippen molar-refractivity contribution in [3.8, 4) is 28.4 Å². The molecule has 49 heavy (non-hydrogen) atoms. The van der Waals surface area contributed by atoms with Crippen LogP contribution in [-0.4, -0.2) is 43.8 Å². The van der Waals surface area contributed by atoms with Gasteiger partial charge in [0, 0.05) is 18.1 Å². The number of rotatable bonds is 22. The highest BCUT2D eigenvalue weighted by atomic mass is 16.6. The van der Waals surface area contributed by atoms with E-state index in [4.69, 9.17) is 23.7 Å². The molecular weight excluding hydrogens is 620 g/mol. The summed E-state index contributed by atoms with van der Waals surface area (Å²) in [4.78, 5) is 35.1. The summed E-state index contributed by atoms with van der Waals surface area (Å²) in [6, 6.07) is 22.4. The number of ether oxygens (including phenoxy) is 5. The molecule has 1 heterocycles. The lowest BCUT2D eigenvalue weighted by molar-refractivity contribution is -0.139. The van der Waals surface area contributed by atoms with E-state index in [-0.39, 0.29) is 18.0 Å². The highest BCUT2D eigenvalue weighted by molar-refractivity contribution is 5.91. The van der Waals surface area contributed by atoms with Crippen LogP contribution < -0.4 is 14.2 Å². The molecule has 0 aromatic heterocycles. The van der Waals surface area contributed by atoms with Gasteiger partial charge >= 0.3 is 17.9 Å². The van der Waals surface area contributed by atoms with Gasteiger partial charge in [0.2, 0.25) is 0 Å². The molecule has 0 spiro atoms. The Morgan fingerprint density at radius 3 is 1.69 bits per heavy atom. The van der Waals surface area contributed by atoms with Crippen LogP contribution in [0.25, 0.3) is 11.1 Å². The van der Waals surface area contributed by atoms with Crippen molar-refractivity contribution >= 4 is 17.9 Å². The second-order valence-electron chi connectivity index (χ2n) is 12.2. The van der Waals surface area contributed by atoms with E-state index in [1.54, 1.807) is 36.4 Å². The number of hydrogen-bond acceptors (Lipinski definition) is 8. The topological polar surface area (TPSA) is 97.4 Å².